The fourth-order valence-corrected chi connectivity index (χ4v) is 5.33. The molecule has 2 saturated heterocycles. The molecule has 11 heteroatoms. The molecule has 3 rings (SSSR count). The lowest BCUT2D eigenvalue weighted by Gasteiger charge is -2.35. The molecule has 1 aromatic rings. The Labute approximate surface area is 241 Å². The number of ether oxygens (including phenoxy) is 2. The van der Waals surface area contributed by atoms with Crippen LogP contribution >= 0.6 is 0 Å². The smallest absolute Gasteiger partial charge is 0.410 e. The van der Waals surface area contributed by atoms with Gasteiger partial charge in [0.15, 0.2) is 0 Å². The summed E-state index contributed by atoms with van der Waals surface area (Å²) in [6.45, 7) is 6.88. The molecule has 1 aromatic carbocycles. The molecule has 0 bridgehead atoms. The third-order valence-electron chi connectivity index (χ3n) is 7.48. The number of benzene rings is 1. The molecule has 0 radical (unpaired) electrons. The zero-order valence-corrected chi connectivity index (χ0v) is 24.4. The molecule has 2 aliphatic rings. The predicted octanol–water partition coefficient (Wildman–Crippen LogP) is 4.33. The largest absolute Gasteiger partial charge is 0.491 e. The number of likely N-dealkylation sites (tertiary alicyclic amines) is 2. The molecule has 2 aliphatic heterocycles. The fraction of sp³-hybridized carbons (Fsp3) is 0.667. The standard InChI is InChI=1S/C30H44FN3O7/c1-30(2,3)41-29(39)33-15-11-21(12-16-33)9-10-26(35)34-14-5-7-23(20-34)28(38)32-25(19-27(36)37)22-6-4-8-24(18-22)40-17-13-31/h4,6,8,18,21,23,25H,5,7,9-17,19-20H2,1-3H3,(H,32,38)(H,36,37). The highest BCUT2D eigenvalue weighted by molar-refractivity contribution is 5.82. The molecule has 2 atom stereocenters. The maximum absolute atomic E-state index is 13.2. The monoisotopic (exact) mass is 577 g/mol. The number of carbonyl (C=O) groups excluding carboxylic acids is 3. The topological polar surface area (TPSA) is 125 Å². The van der Waals surface area contributed by atoms with Crippen LogP contribution in [0.3, 0.4) is 0 Å². The molecular formula is C30H44FN3O7. The van der Waals surface area contributed by atoms with Crippen LogP contribution in [0.15, 0.2) is 24.3 Å². The van der Waals surface area contributed by atoms with Crippen molar-refractivity contribution >= 4 is 23.9 Å². The Morgan fingerprint density at radius 3 is 2.49 bits per heavy atom. The number of aliphatic carboxylic acids is 1. The van der Waals surface area contributed by atoms with Crippen LogP contribution in [0, 0.1) is 11.8 Å². The molecule has 228 valence electrons. The Morgan fingerprint density at radius 1 is 1.10 bits per heavy atom. The van der Waals surface area contributed by atoms with Crippen molar-refractivity contribution in [2.75, 3.05) is 39.5 Å². The van der Waals surface area contributed by atoms with Crippen molar-refractivity contribution in [3.8, 4) is 5.75 Å². The van der Waals surface area contributed by atoms with E-state index in [1.807, 2.05) is 20.8 Å². The lowest BCUT2D eigenvalue weighted by Crippen LogP contribution is -2.46. The fourth-order valence-electron chi connectivity index (χ4n) is 5.33. The number of hydrogen-bond donors (Lipinski definition) is 2. The summed E-state index contributed by atoms with van der Waals surface area (Å²) >= 11 is 0. The van der Waals surface area contributed by atoms with Gasteiger partial charge in [-0.05, 0) is 76.5 Å². The van der Waals surface area contributed by atoms with Crippen LogP contribution in [0.1, 0.15) is 77.3 Å². The van der Waals surface area contributed by atoms with Crippen molar-refractivity contribution in [1.82, 2.24) is 15.1 Å². The van der Waals surface area contributed by atoms with Gasteiger partial charge in [-0.1, -0.05) is 12.1 Å². The number of halogens is 1. The second-order valence-corrected chi connectivity index (χ2v) is 11.9. The zero-order chi connectivity index (χ0) is 30.0. The minimum absolute atomic E-state index is 0.0110. The molecule has 3 amide bonds. The third-order valence-corrected chi connectivity index (χ3v) is 7.48. The summed E-state index contributed by atoms with van der Waals surface area (Å²) in [4.78, 5) is 53.5. The summed E-state index contributed by atoms with van der Waals surface area (Å²) in [7, 11) is 0. The van der Waals surface area contributed by atoms with Crippen molar-refractivity contribution in [3.05, 3.63) is 29.8 Å². The Kier molecular flexibility index (Phi) is 11.8. The molecule has 0 spiro atoms. The quantitative estimate of drug-likeness (QED) is 0.401. The molecule has 41 heavy (non-hydrogen) atoms. The van der Waals surface area contributed by atoms with E-state index in [9.17, 15) is 28.7 Å². The number of alkyl halides is 1. The molecule has 2 unspecified atom stereocenters. The summed E-state index contributed by atoms with van der Waals surface area (Å²) in [6.07, 6.45) is 3.44. The van der Waals surface area contributed by atoms with Crippen molar-refractivity contribution in [2.45, 2.75) is 77.4 Å². The zero-order valence-electron chi connectivity index (χ0n) is 24.4. The van der Waals surface area contributed by atoms with Gasteiger partial charge in [0.05, 0.1) is 18.4 Å². The molecule has 2 N–H and O–H groups in total. The predicted molar refractivity (Wildman–Crippen MR) is 150 cm³/mol. The summed E-state index contributed by atoms with van der Waals surface area (Å²) < 4.78 is 23.3. The molecule has 0 aliphatic carbocycles. The van der Waals surface area contributed by atoms with E-state index >= 15 is 0 Å². The van der Waals surface area contributed by atoms with Crippen LogP contribution in [0.25, 0.3) is 0 Å². The van der Waals surface area contributed by atoms with Crippen molar-refractivity contribution in [3.63, 3.8) is 0 Å². The van der Waals surface area contributed by atoms with Crippen LogP contribution in [0.2, 0.25) is 0 Å². The van der Waals surface area contributed by atoms with Gasteiger partial charge in [0.1, 0.15) is 24.6 Å². The van der Waals surface area contributed by atoms with Gasteiger partial charge in [0.25, 0.3) is 0 Å². The van der Waals surface area contributed by atoms with Gasteiger partial charge in [0.2, 0.25) is 11.8 Å². The van der Waals surface area contributed by atoms with E-state index in [0.717, 1.165) is 19.3 Å². The van der Waals surface area contributed by atoms with E-state index in [0.29, 0.717) is 62.7 Å². The van der Waals surface area contributed by atoms with E-state index in [1.54, 1.807) is 34.1 Å². The van der Waals surface area contributed by atoms with Gasteiger partial charge in [0, 0.05) is 32.6 Å². The average Bonchev–Trinajstić information content (AvgIpc) is 2.93. The Bertz CT molecular complexity index is 1050. The minimum atomic E-state index is -1.07. The van der Waals surface area contributed by atoms with E-state index in [2.05, 4.69) is 5.32 Å². The maximum Gasteiger partial charge on any atom is 0.410 e. The van der Waals surface area contributed by atoms with Crippen LogP contribution in [0.4, 0.5) is 9.18 Å². The Balaban J connectivity index is 1.49. The van der Waals surface area contributed by atoms with Gasteiger partial charge in [-0.3, -0.25) is 14.4 Å². The summed E-state index contributed by atoms with van der Waals surface area (Å²) in [5.74, 6) is -1.04. The number of rotatable bonds is 11. The number of nitrogens with zero attached hydrogens (tertiary/aromatic N) is 2. The minimum Gasteiger partial charge on any atom is -0.491 e. The molecule has 2 fully saturated rings. The van der Waals surface area contributed by atoms with Crippen molar-refractivity contribution in [1.29, 1.82) is 0 Å². The van der Waals surface area contributed by atoms with Crippen LogP contribution < -0.4 is 10.1 Å². The van der Waals surface area contributed by atoms with Gasteiger partial charge < -0.3 is 29.7 Å². The summed E-state index contributed by atoms with van der Waals surface area (Å²) in [5.41, 5.74) is 0.0240. The van der Waals surface area contributed by atoms with E-state index in [-0.39, 0.29) is 30.9 Å². The number of hydrogen-bond acceptors (Lipinski definition) is 6. The first-order valence-corrected chi connectivity index (χ1v) is 14.5. The molecule has 2 heterocycles. The number of nitrogens with one attached hydrogen (secondary N) is 1. The number of amides is 3. The SMILES string of the molecule is CC(C)(C)OC(=O)N1CCC(CCC(=O)N2CCCC(C(=O)NC(CC(=O)O)c3cccc(OCCF)c3)C2)CC1. The first kappa shape index (κ1) is 32.1. The summed E-state index contributed by atoms with van der Waals surface area (Å²) in [6, 6.07) is 5.84. The number of piperidine rings is 2. The molecular weight excluding hydrogens is 533 g/mol. The van der Waals surface area contributed by atoms with E-state index in [4.69, 9.17) is 9.47 Å². The lowest BCUT2D eigenvalue weighted by atomic mass is 9.91. The highest BCUT2D eigenvalue weighted by Crippen LogP contribution is 2.27. The van der Waals surface area contributed by atoms with Crippen molar-refractivity contribution in [2.24, 2.45) is 11.8 Å². The second-order valence-electron chi connectivity index (χ2n) is 11.9. The number of carboxylic acids is 1. The van der Waals surface area contributed by atoms with Crippen molar-refractivity contribution < 1.29 is 38.1 Å². The highest BCUT2D eigenvalue weighted by atomic mass is 19.1. The maximum atomic E-state index is 13.2. The Hall–Kier alpha value is -3.37. The number of carbonyl (C=O) groups is 4. The lowest BCUT2D eigenvalue weighted by molar-refractivity contribution is -0.138. The van der Waals surface area contributed by atoms with E-state index in [1.165, 1.54) is 0 Å². The van der Waals surface area contributed by atoms with Gasteiger partial charge in [-0.15, -0.1) is 0 Å². The van der Waals surface area contributed by atoms with Gasteiger partial charge in [-0.2, -0.15) is 0 Å². The first-order chi connectivity index (χ1) is 19.4. The van der Waals surface area contributed by atoms with Crippen LogP contribution in [-0.4, -0.2) is 83.8 Å². The van der Waals surface area contributed by atoms with Gasteiger partial charge >= 0.3 is 12.1 Å². The van der Waals surface area contributed by atoms with Gasteiger partial charge in [-0.25, -0.2) is 9.18 Å². The van der Waals surface area contributed by atoms with E-state index < -0.39 is 30.2 Å². The molecule has 0 aromatic heterocycles. The average molecular weight is 578 g/mol. The number of carboxylic acid groups (broad SMARTS) is 1. The Morgan fingerprint density at radius 2 is 1.83 bits per heavy atom. The second kappa shape index (κ2) is 15.0. The normalized spacial score (nSPS) is 18.9. The summed E-state index contributed by atoms with van der Waals surface area (Å²) in [5, 5.41) is 12.3. The molecule has 10 nitrogen and oxygen atoms in total. The third kappa shape index (κ3) is 10.5. The molecule has 0 saturated carbocycles. The first-order valence-electron chi connectivity index (χ1n) is 14.5. The van der Waals surface area contributed by atoms with Crippen LogP contribution in [-0.2, 0) is 19.1 Å². The highest BCUT2D eigenvalue weighted by Gasteiger charge is 2.31. The van der Waals surface area contributed by atoms with Crippen LogP contribution in [0.5, 0.6) is 5.75 Å².